The van der Waals surface area contributed by atoms with Gasteiger partial charge < -0.3 is 19.7 Å². The van der Waals surface area contributed by atoms with Crippen LogP contribution in [-0.2, 0) is 11.3 Å². The first-order chi connectivity index (χ1) is 14.5. The first kappa shape index (κ1) is 22.4. The highest BCUT2D eigenvalue weighted by Gasteiger charge is 2.21. The number of anilines is 2. The number of nitrogens with one attached hydrogen (secondary N) is 1. The number of thiazole rings is 1. The molecule has 1 aromatic carbocycles. The van der Waals surface area contributed by atoms with Crippen molar-refractivity contribution in [1.29, 1.82) is 0 Å². The SMILES string of the molecule is COc1cc(NC(=O)CC[C@H]2CCCN(Cc3cnc(N(C)C)s3)C2)cc(OC)c1. The summed E-state index contributed by atoms with van der Waals surface area (Å²) in [5.74, 6) is 1.90. The molecule has 0 saturated carbocycles. The number of benzene rings is 1. The Morgan fingerprint density at radius 1 is 1.27 bits per heavy atom. The van der Waals surface area contributed by atoms with Crippen LogP contribution in [-0.4, -0.2) is 57.2 Å². The van der Waals surface area contributed by atoms with Crippen LogP contribution in [0.1, 0.15) is 30.6 Å². The Morgan fingerprint density at radius 3 is 2.63 bits per heavy atom. The molecule has 8 heteroatoms. The lowest BCUT2D eigenvalue weighted by molar-refractivity contribution is -0.116. The maximum atomic E-state index is 12.5. The van der Waals surface area contributed by atoms with Crippen LogP contribution in [0.4, 0.5) is 10.8 Å². The smallest absolute Gasteiger partial charge is 0.224 e. The Balaban J connectivity index is 1.47. The third-order valence-electron chi connectivity index (χ3n) is 5.32. The molecule has 0 unspecified atom stereocenters. The second-order valence-electron chi connectivity index (χ2n) is 7.94. The van der Waals surface area contributed by atoms with Crippen molar-refractivity contribution in [2.45, 2.75) is 32.2 Å². The molecule has 0 spiro atoms. The number of methoxy groups -OCH3 is 2. The quantitative estimate of drug-likeness (QED) is 0.649. The Labute approximate surface area is 183 Å². The molecular formula is C22H32N4O3S. The summed E-state index contributed by atoms with van der Waals surface area (Å²) in [4.78, 5) is 22.8. The van der Waals surface area contributed by atoms with Crippen molar-refractivity contribution >= 4 is 28.1 Å². The van der Waals surface area contributed by atoms with Gasteiger partial charge in [-0.15, -0.1) is 11.3 Å². The fraction of sp³-hybridized carbons (Fsp3) is 0.545. The van der Waals surface area contributed by atoms with E-state index < -0.39 is 0 Å². The number of carbonyl (C=O) groups is 1. The molecule has 0 aliphatic carbocycles. The molecule has 1 amide bonds. The third-order valence-corrected chi connectivity index (χ3v) is 6.47. The molecule has 2 aromatic rings. The van der Waals surface area contributed by atoms with E-state index in [4.69, 9.17) is 9.47 Å². The van der Waals surface area contributed by atoms with Crippen molar-refractivity contribution in [3.8, 4) is 11.5 Å². The lowest BCUT2D eigenvalue weighted by Gasteiger charge is -2.32. The molecule has 1 N–H and O–H groups in total. The number of rotatable bonds is 9. The Hall–Kier alpha value is -2.32. The zero-order valence-electron chi connectivity index (χ0n) is 18.3. The second-order valence-corrected chi connectivity index (χ2v) is 9.03. The summed E-state index contributed by atoms with van der Waals surface area (Å²) in [7, 11) is 7.24. The van der Waals surface area contributed by atoms with Crippen LogP contribution in [0.5, 0.6) is 11.5 Å². The average Bonchev–Trinajstić information content (AvgIpc) is 3.21. The van der Waals surface area contributed by atoms with Gasteiger partial charge in [0.2, 0.25) is 5.91 Å². The molecular weight excluding hydrogens is 400 g/mol. The number of carbonyl (C=O) groups excluding carboxylic acids is 1. The molecule has 30 heavy (non-hydrogen) atoms. The average molecular weight is 433 g/mol. The van der Waals surface area contributed by atoms with E-state index in [1.807, 2.05) is 25.2 Å². The summed E-state index contributed by atoms with van der Waals surface area (Å²) in [6.45, 7) is 3.09. The van der Waals surface area contributed by atoms with Gasteiger partial charge in [0.05, 0.1) is 14.2 Å². The fourth-order valence-corrected chi connectivity index (χ4v) is 4.64. The van der Waals surface area contributed by atoms with Crippen LogP contribution in [0.3, 0.4) is 0 Å². The highest BCUT2D eigenvalue weighted by molar-refractivity contribution is 7.15. The fourth-order valence-electron chi connectivity index (χ4n) is 3.77. The van der Waals surface area contributed by atoms with Crippen LogP contribution in [0, 0.1) is 5.92 Å². The topological polar surface area (TPSA) is 66.9 Å². The van der Waals surface area contributed by atoms with Crippen molar-refractivity contribution in [1.82, 2.24) is 9.88 Å². The van der Waals surface area contributed by atoms with Gasteiger partial charge in [-0.1, -0.05) is 0 Å². The number of aromatic nitrogens is 1. The second kappa shape index (κ2) is 10.6. The molecule has 1 aliphatic heterocycles. The number of amides is 1. The van der Waals surface area contributed by atoms with Gasteiger partial charge in [-0.05, 0) is 31.7 Å². The minimum Gasteiger partial charge on any atom is -0.497 e. The number of hydrogen-bond donors (Lipinski definition) is 1. The summed E-state index contributed by atoms with van der Waals surface area (Å²) < 4.78 is 10.5. The lowest BCUT2D eigenvalue weighted by Crippen LogP contribution is -2.35. The van der Waals surface area contributed by atoms with Crippen LogP contribution < -0.4 is 19.7 Å². The molecule has 0 bridgehead atoms. The highest BCUT2D eigenvalue weighted by atomic mass is 32.1. The normalized spacial score (nSPS) is 16.9. The maximum Gasteiger partial charge on any atom is 0.224 e. The predicted molar refractivity (Wildman–Crippen MR) is 122 cm³/mol. The lowest BCUT2D eigenvalue weighted by atomic mass is 9.93. The number of hydrogen-bond acceptors (Lipinski definition) is 7. The van der Waals surface area contributed by atoms with Gasteiger partial charge in [0.25, 0.3) is 0 Å². The van der Waals surface area contributed by atoms with Gasteiger partial charge in [-0.3, -0.25) is 9.69 Å². The van der Waals surface area contributed by atoms with E-state index in [-0.39, 0.29) is 5.91 Å². The zero-order valence-corrected chi connectivity index (χ0v) is 19.1. The van der Waals surface area contributed by atoms with E-state index in [2.05, 4.69) is 15.2 Å². The largest absolute Gasteiger partial charge is 0.497 e. The molecule has 3 rings (SSSR count). The first-order valence-electron chi connectivity index (χ1n) is 10.3. The van der Waals surface area contributed by atoms with E-state index in [9.17, 15) is 4.79 Å². The third kappa shape index (κ3) is 6.34. The molecule has 1 fully saturated rings. The van der Waals surface area contributed by atoms with E-state index >= 15 is 0 Å². The maximum absolute atomic E-state index is 12.5. The Morgan fingerprint density at radius 2 is 2.00 bits per heavy atom. The Kier molecular flexibility index (Phi) is 7.93. The molecule has 2 heterocycles. The first-order valence-corrected chi connectivity index (χ1v) is 11.2. The van der Waals surface area contributed by atoms with E-state index in [0.717, 1.165) is 31.2 Å². The van der Waals surface area contributed by atoms with Crippen LogP contribution >= 0.6 is 11.3 Å². The van der Waals surface area contributed by atoms with Gasteiger partial charge in [0.1, 0.15) is 11.5 Å². The van der Waals surface area contributed by atoms with Crippen molar-refractivity contribution in [3.63, 3.8) is 0 Å². The van der Waals surface area contributed by atoms with Crippen LogP contribution in [0.25, 0.3) is 0 Å². The van der Waals surface area contributed by atoms with Crippen molar-refractivity contribution < 1.29 is 14.3 Å². The van der Waals surface area contributed by atoms with Gasteiger partial charge >= 0.3 is 0 Å². The summed E-state index contributed by atoms with van der Waals surface area (Å²) in [5, 5.41) is 4.02. The minimum absolute atomic E-state index is 0.0283. The minimum atomic E-state index is 0.0283. The zero-order chi connectivity index (χ0) is 21.5. The van der Waals surface area contributed by atoms with Gasteiger partial charge in [-0.25, -0.2) is 4.98 Å². The van der Waals surface area contributed by atoms with E-state index in [1.165, 1.54) is 17.7 Å². The van der Waals surface area contributed by atoms with Crippen molar-refractivity contribution in [2.75, 3.05) is 51.6 Å². The Bertz CT molecular complexity index is 817. The predicted octanol–water partition coefficient (Wildman–Crippen LogP) is 3.86. The molecule has 164 valence electrons. The van der Waals surface area contributed by atoms with Crippen LogP contribution in [0.2, 0.25) is 0 Å². The van der Waals surface area contributed by atoms with Crippen molar-refractivity contribution in [2.24, 2.45) is 5.92 Å². The molecule has 1 aromatic heterocycles. The standard InChI is InChI=1S/C22H32N4O3S/c1-25(2)22-23-13-20(30-22)15-26-9-5-6-16(14-26)7-8-21(27)24-17-10-18(28-3)12-19(11-17)29-4/h10-13,16H,5-9,14-15H2,1-4H3,(H,24,27)/t16-/m1/s1. The van der Waals surface area contributed by atoms with Gasteiger partial charge in [0, 0.05) is 68.6 Å². The molecule has 0 radical (unpaired) electrons. The number of piperidine rings is 1. The molecule has 7 nitrogen and oxygen atoms in total. The van der Waals surface area contributed by atoms with Gasteiger partial charge in [-0.2, -0.15) is 0 Å². The van der Waals surface area contributed by atoms with Gasteiger partial charge in [0.15, 0.2) is 5.13 Å². The number of nitrogens with zero attached hydrogens (tertiary/aromatic N) is 3. The summed E-state index contributed by atoms with van der Waals surface area (Å²) in [5.41, 5.74) is 0.698. The molecule has 1 saturated heterocycles. The van der Waals surface area contributed by atoms with Crippen LogP contribution in [0.15, 0.2) is 24.4 Å². The molecule has 1 atom stereocenters. The highest BCUT2D eigenvalue weighted by Crippen LogP contribution is 2.28. The summed E-state index contributed by atoms with van der Waals surface area (Å²) in [6, 6.07) is 5.40. The summed E-state index contributed by atoms with van der Waals surface area (Å²) >= 11 is 1.75. The number of ether oxygens (including phenoxy) is 2. The number of likely N-dealkylation sites (tertiary alicyclic amines) is 1. The van der Waals surface area contributed by atoms with E-state index in [1.54, 1.807) is 43.8 Å². The molecule has 1 aliphatic rings. The summed E-state index contributed by atoms with van der Waals surface area (Å²) in [6.07, 6.45) is 5.76. The van der Waals surface area contributed by atoms with E-state index in [0.29, 0.717) is 29.5 Å². The van der Waals surface area contributed by atoms with Crippen molar-refractivity contribution in [3.05, 3.63) is 29.3 Å². The monoisotopic (exact) mass is 432 g/mol.